The summed E-state index contributed by atoms with van der Waals surface area (Å²) >= 11 is 0. The fraction of sp³-hybridized carbons (Fsp3) is 0.857. The molecule has 5 heterocycles. The van der Waals surface area contributed by atoms with Gasteiger partial charge in [-0.2, -0.15) is 0 Å². The second-order valence-corrected chi connectivity index (χ2v) is 14.0. The number of hydrogen-bond acceptors (Lipinski definition) is 10. The highest BCUT2D eigenvalue weighted by Gasteiger charge is 2.90. The van der Waals surface area contributed by atoms with Crippen molar-refractivity contribution in [1.29, 1.82) is 0 Å². The molecule has 0 radical (unpaired) electrons. The van der Waals surface area contributed by atoms with Gasteiger partial charge in [-0.3, -0.25) is 4.79 Å². The number of aliphatic hydroxyl groups is 3. The molecule has 0 aromatic heterocycles. The van der Waals surface area contributed by atoms with E-state index in [9.17, 15) is 24.9 Å². The monoisotopic (exact) mass is 532 g/mol. The van der Waals surface area contributed by atoms with Crippen molar-refractivity contribution in [3.63, 3.8) is 0 Å². The van der Waals surface area contributed by atoms with Gasteiger partial charge in [0, 0.05) is 36.7 Å². The molecule has 0 bridgehead atoms. The van der Waals surface area contributed by atoms with Crippen molar-refractivity contribution in [2.75, 3.05) is 0 Å². The van der Waals surface area contributed by atoms with Crippen LogP contribution in [0.1, 0.15) is 66.2 Å². The van der Waals surface area contributed by atoms with E-state index < -0.39 is 64.0 Å². The zero-order valence-corrected chi connectivity index (χ0v) is 22.1. The molecule has 10 heteroatoms. The maximum absolute atomic E-state index is 12.5. The molecule has 8 rings (SSSR count). The van der Waals surface area contributed by atoms with Gasteiger partial charge < -0.3 is 39.0 Å². The summed E-state index contributed by atoms with van der Waals surface area (Å²) in [4.78, 5) is 25.0. The molecule has 5 aliphatic heterocycles. The van der Waals surface area contributed by atoms with Gasteiger partial charge in [-0.1, -0.05) is 6.92 Å². The molecule has 38 heavy (non-hydrogen) atoms. The third-order valence-corrected chi connectivity index (χ3v) is 11.6. The van der Waals surface area contributed by atoms with Gasteiger partial charge in [-0.15, -0.1) is 0 Å². The summed E-state index contributed by atoms with van der Waals surface area (Å²) in [7, 11) is 0. The van der Waals surface area contributed by atoms with Crippen LogP contribution in [0.5, 0.6) is 0 Å². The molecular formula is C28H36O10. The molecule has 8 aliphatic rings. The minimum absolute atomic E-state index is 0.0289. The van der Waals surface area contributed by atoms with Crippen LogP contribution in [0.25, 0.3) is 0 Å². The van der Waals surface area contributed by atoms with Crippen LogP contribution in [-0.2, 0) is 33.3 Å². The number of carbonyl (C=O) groups is 2. The highest BCUT2D eigenvalue weighted by atomic mass is 16.8. The van der Waals surface area contributed by atoms with Crippen molar-refractivity contribution in [3.05, 3.63) is 11.6 Å². The summed E-state index contributed by atoms with van der Waals surface area (Å²) in [6, 6.07) is 0. The average molecular weight is 533 g/mol. The van der Waals surface area contributed by atoms with Crippen LogP contribution in [0.2, 0.25) is 0 Å². The Morgan fingerprint density at radius 2 is 1.76 bits per heavy atom. The second kappa shape index (κ2) is 6.66. The third kappa shape index (κ3) is 2.49. The first-order valence-electron chi connectivity index (χ1n) is 14.0. The lowest BCUT2D eigenvalue weighted by molar-refractivity contribution is -0.363. The molecule has 10 nitrogen and oxygen atoms in total. The lowest BCUT2D eigenvalue weighted by Gasteiger charge is -2.61. The molecule has 4 saturated heterocycles. The maximum atomic E-state index is 12.5. The normalized spacial score (nSPS) is 61.0. The van der Waals surface area contributed by atoms with Crippen molar-refractivity contribution in [3.8, 4) is 0 Å². The van der Waals surface area contributed by atoms with E-state index in [2.05, 4.69) is 6.92 Å². The zero-order valence-electron chi connectivity index (χ0n) is 22.1. The first-order valence-corrected chi connectivity index (χ1v) is 14.0. The van der Waals surface area contributed by atoms with Gasteiger partial charge in [-0.05, 0) is 51.5 Å². The van der Waals surface area contributed by atoms with E-state index in [1.807, 2.05) is 13.8 Å². The van der Waals surface area contributed by atoms with Crippen LogP contribution in [0.15, 0.2) is 11.6 Å². The van der Waals surface area contributed by atoms with Crippen LogP contribution >= 0.6 is 0 Å². The Balaban J connectivity index is 1.27. The SMILES string of the molecule is CC1=C[C@]2(C[C@@H](C)[C@H]3C[C@@H]4O[C@@]45[C@@H]4[C@H](O)C[C@H]6C(C)(C)O[C@@H]7CC(=O)O[C@@]76C[C@@]4(O)C[C@H](O)[C@]35O2)OC1=O. The second-order valence-electron chi connectivity index (χ2n) is 14.0. The first kappa shape index (κ1) is 24.3. The molecule has 3 N–H and O–H groups in total. The Bertz CT molecular complexity index is 1200. The van der Waals surface area contributed by atoms with Gasteiger partial charge in [0.1, 0.15) is 22.9 Å². The molecule has 208 valence electrons. The average Bonchev–Trinajstić information content (AvgIpc) is 3.12. The van der Waals surface area contributed by atoms with E-state index in [0.717, 1.165) is 0 Å². The van der Waals surface area contributed by atoms with Gasteiger partial charge in [0.05, 0.1) is 35.9 Å². The third-order valence-electron chi connectivity index (χ3n) is 11.6. The standard InChI is InChI=1S/C28H36O10/c1-12-8-25(9-13(2)22(32)37-25)38-27-14(12)5-19-28(27,35-19)21-15(29)6-16-23(3,4)34-18-7-20(31)36-26(16,18)11-24(21,33)10-17(27)30/h9,12,14-19,21,29-30,33H,5-8,10-11H2,1-4H3/t12-,14-,15-,16+,17+,18-,19+,21-,24+,25-,26-,27-,28-/m1/s1. The molecule has 0 amide bonds. The Hall–Kier alpha value is -1.56. The van der Waals surface area contributed by atoms with Gasteiger partial charge in [0.15, 0.2) is 0 Å². The van der Waals surface area contributed by atoms with Crippen molar-refractivity contribution in [2.45, 2.75) is 124 Å². The summed E-state index contributed by atoms with van der Waals surface area (Å²) in [5.74, 6) is -3.38. The van der Waals surface area contributed by atoms with E-state index >= 15 is 0 Å². The Morgan fingerprint density at radius 3 is 2.47 bits per heavy atom. The van der Waals surface area contributed by atoms with Crippen LogP contribution in [0.3, 0.4) is 0 Å². The molecule has 7 fully saturated rings. The highest BCUT2D eigenvalue weighted by Crippen LogP contribution is 2.76. The summed E-state index contributed by atoms with van der Waals surface area (Å²) in [5.41, 5.74) is -5.38. The molecule has 3 aliphatic carbocycles. The number of hydrogen-bond donors (Lipinski definition) is 3. The van der Waals surface area contributed by atoms with Crippen LogP contribution in [-0.4, -0.2) is 85.5 Å². The quantitative estimate of drug-likeness (QED) is 0.304. The fourth-order valence-corrected chi connectivity index (χ4v) is 10.7. The lowest BCUT2D eigenvalue weighted by Crippen LogP contribution is -2.76. The molecular weight excluding hydrogens is 496 g/mol. The van der Waals surface area contributed by atoms with Gasteiger partial charge in [0.2, 0.25) is 5.79 Å². The van der Waals surface area contributed by atoms with Crippen molar-refractivity contribution in [1.82, 2.24) is 0 Å². The lowest BCUT2D eigenvalue weighted by atomic mass is 9.54. The van der Waals surface area contributed by atoms with Crippen LogP contribution < -0.4 is 0 Å². The summed E-state index contributed by atoms with van der Waals surface area (Å²) in [6.07, 6.45) is -0.00410. The number of aliphatic hydroxyl groups excluding tert-OH is 2. The van der Waals surface area contributed by atoms with Gasteiger partial charge >= 0.3 is 11.9 Å². The van der Waals surface area contributed by atoms with E-state index in [4.69, 9.17) is 23.7 Å². The highest BCUT2D eigenvalue weighted by molar-refractivity contribution is 5.90. The molecule has 0 aromatic rings. The summed E-state index contributed by atoms with van der Waals surface area (Å²) < 4.78 is 31.4. The largest absolute Gasteiger partial charge is 0.456 e. The van der Waals surface area contributed by atoms with Crippen molar-refractivity contribution >= 4 is 11.9 Å². The first-order chi connectivity index (χ1) is 17.7. The van der Waals surface area contributed by atoms with Gasteiger partial charge in [-0.25, -0.2) is 4.79 Å². The molecule has 13 atom stereocenters. The number of fused-ring (bicyclic) bond motifs is 1. The van der Waals surface area contributed by atoms with E-state index in [1.54, 1.807) is 13.0 Å². The molecule has 4 spiro atoms. The Kier molecular flexibility index (Phi) is 4.25. The molecule has 3 saturated carbocycles. The predicted octanol–water partition coefficient (Wildman–Crippen LogP) is 0.884. The predicted molar refractivity (Wildman–Crippen MR) is 126 cm³/mol. The Morgan fingerprint density at radius 1 is 1.00 bits per heavy atom. The molecule has 0 unspecified atom stereocenters. The number of ether oxygens (including phenoxy) is 5. The number of rotatable bonds is 0. The van der Waals surface area contributed by atoms with Crippen molar-refractivity contribution < 1.29 is 48.6 Å². The summed E-state index contributed by atoms with van der Waals surface area (Å²) in [6.45, 7) is 7.63. The van der Waals surface area contributed by atoms with Crippen LogP contribution in [0, 0.1) is 23.7 Å². The number of carbonyl (C=O) groups excluding carboxylic acids is 2. The molecule has 0 aromatic carbocycles. The van der Waals surface area contributed by atoms with Crippen LogP contribution in [0.4, 0.5) is 0 Å². The minimum atomic E-state index is -1.61. The van der Waals surface area contributed by atoms with E-state index in [-0.39, 0.29) is 55.5 Å². The summed E-state index contributed by atoms with van der Waals surface area (Å²) in [5, 5.41) is 36.5. The van der Waals surface area contributed by atoms with Crippen molar-refractivity contribution in [2.24, 2.45) is 23.7 Å². The minimum Gasteiger partial charge on any atom is -0.456 e. The van der Waals surface area contributed by atoms with E-state index in [1.165, 1.54) is 0 Å². The number of epoxide rings is 1. The maximum Gasteiger partial charge on any atom is 0.336 e. The zero-order chi connectivity index (χ0) is 26.8. The van der Waals surface area contributed by atoms with E-state index in [0.29, 0.717) is 18.4 Å². The topological polar surface area (TPSA) is 144 Å². The Labute approximate surface area is 220 Å². The number of esters is 2. The fourth-order valence-electron chi connectivity index (χ4n) is 10.7. The van der Waals surface area contributed by atoms with Gasteiger partial charge in [0.25, 0.3) is 0 Å². The smallest absolute Gasteiger partial charge is 0.336 e.